The Hall–Kier alpha value is -3.20. The minimum atomic E-state index is -4.55. The van der Waals surface area contributed by atoms with E-state index in [0.29, 0.717) is 5.69 Å². The van der Waals surface area contributed by atoms with E-state index in [1.165, 1.54) is 19.4 Å². The van der Waals surface area contributed by atoms with Gasteiger partial charge in [-0.05, 0) is 68.8 Å². The van der Waals surface area contributed by atoms with E-state index >= 15 is 0 Å². The van der Waals surface area contributed by atoms with E-state index in [9.17, 15) is 18.0 Å². The van der Waals surface area contributed by atoms with Crippen LogP contribution in [-0.2, 0) is 11.0 Å². The Morgan fingerprint density at radius 3 is 2.45 bits per heavy atom. The molecule has 2 aromatic heterocycles. The van der Waals surface area contributed by atoms with E-state index in [1.54, 1.807) is 23.5 Å². The van der Waals surface area contributed by atoms with Gasteiger partial charge in [-0.15, -0.1) is 11.3 Å². The molecule has 1 unspecified atom stereocenters. The number of hydrogen-bond acceptors (Lipinski definition) is 4. The van der Waals surface area contributed by atoms with Crippen LogP contribution in [0.4, 0.5) is 18.9 Å². The van der Waals surface area contributed by atoms with Crippen LogP contribution in [0.1, 0.15) is 29.9 Å². The number of nitrogens with zero attached hydrogens (tertiary/aromatic N) is 3. The van der Waals surface area contributed by atoms with Gasteiger partial charge in [0.1, 0.15) is 11.0 Å². The van der Waals surface area contributed by atoms with E-state index in [4.69, 9.17) is 0 Å². The molecule has 1 N–H and O–H groups in total. The Balaban J connectivity index is 1.49. The number of amides is 1. The Morgan fingerprint density at radius 2 is 1.81 bits per heavy atom. The summed E-state index contributed by atoms with van der Waals surface area (Å²) in [6.07, 6.45) is -4.55. The van der Waals surface area contributed by atoms with Crippen molar-refractivity contribution in [2.75, 3.05) is 5.32 Å². The third-order valence-electron chi connectivity index (χ3n) is 4.90. The Bertz CT molecular complexity index is 1260. The number of anilines is 1. The molecule has 1 atom stereocenters. The van der Waals surface area contributed by atoms with E-state index in [1.807, 2.05) is 31.2 Å². The molecule has 0 saturated carbocycles. The van der Waals surface area contributed by atoms with Crippen molar-refractivity contribution < 1.29 is 18.0 Å². The second-order valence-corrected chi connectivity index (χ2v) is 8.38. The molecule has 1 amide bonds. The molecular weight excluding hydrogens is 425 g/mol. The number of benzene rings is 2. The normalized spacial score (nSPS) is 12.8. The maximum absolute atomic E-state index is 12.9. The first-order valence-electron chi connectivity index (χ1n) is 9.53. The summed E-state index contributed by atoms with van der Waals surface area (Å²) in [5.41, 5.74) is 2.81. The molecule has 0 bridgehead atoms. The lowest BCUT2D eigenvalue weighted by molar-refractivity contribution is -0.141. The van der Waals surface area contributed by atoms with Gasteiger partial charge in [-0.1, -0.05) is 6.07 Å². The van der Waals surface area contributed by atoms with Gasteiger partial charge < -0.3 is 5.32 Å². The first-order chi connectivity index (χ1) is 14.6. The SMILES string of the molecule is Cc1ccc2nc(-c3ccc(NC(=O)C(C)n4nc(C(F)(F)F)cc4C)cc3)sc2c1. The lowest BCUT2D eigenvalue weighted by atomic mass is 10.2. The van der Waals surface area contributed by atoms with Crippen LogP contribution in [-0.4, -0.2) is 20.7 Å². The number of carbonyl (C=O) groups is 1. The van der Waals surface area contributed by atoms with Crippen LogP contribution in [0, 0.1) is 13.8 Å². The summed E-state index contributed by atoms with van der Waals surface area (Å²) >= 11 is 1.59. The molecule has 4 rings (SSSR count). The molecule has 31 heavy (non-hydrogen) atoms. The van der Waals surface area contributed by atoms with Gasteiger partial charge in [0, 0.05) is 16.9 Å². The van der Waals surface area contributed by atoms with Crippen LogP contribution in [0.25, 0.3) is 20.8 Å². The fourth-order valence-electron chi connectivity index (χ4n) is 3.23. The molecule has 2 heterocycles. The Labute approximate surface area is 180 Å². The second kappa shape index (κ2) is 7.81. The number of aromatic nitrogens is 3. The summed E-state index contributed by atoms with van der Waals surface area (Å²) in [4.78, 5) is 17.2. The Kier molecular flexibility index (Phi) is 5.30. The number of fused-ring (bicyclic) bond motifs is 1. The van der Waals surface area contributed by atoms with E-state index < -0.39 is 23.8 Å². The molecule has 4 aromatic rings. The highest BCUT2D eigenvalue weighted by Gasteiger charge is 2.35. The summed E-state index contributed by atoms with van der Waals surface area (Å²) in [5, 5.41) is 7.15. The van der Waals surface area contributed by atoms with Crippen LogP contribution in [0.5, 0.6) is 0 Å². The van der Waals surface area contributed by atoms with Gasteiger partial charge in [-0.2, -0.15) is 18.3 Å². The lowest BCUT2D eigenvalue weighted by Gasteiger charge is -2.14. The monoisotopic (exact) mass is 444 g/mol. The fraction of sp³-hybridized carbons (Fsp3) is 0.227. The van der Waals surface area contributed by atoms with Crippen molar-refractivity contribution in [3.8, 4) is 10.6 Å². The van der Waals surface area contributed by atoms with Crippen molar-refractivity contribution in [3.63, 3.8) is 0 Å². The fourth-order valence-corrected chi connectivity index (χ4v) is 4.30. The maximum atomic E-state index is 12.9. The number of thiazole rings is 1. The zero-order valence-electron chi connectivity index (χ0n) is 17.0. The van der Waals surface area contributed by atoms with Gasteiger partial charge in [0.05, 0.1) is 10.2 Å². The molecule has 0 spiro atoms. The van der Waals surface area contributed by atoms with Crippen LogP contribution in [0.2, 0.25) is 0 Å². The van der Waals surface area contributed by atoms with E-state index in [0.717, 1.165) is 31.5 Å². The molecular formula is C22H19F3N4OS. The topological polar surface area (TPSA) is 59.8 Å². The lowest BCUT2D eigenvalue weighted by Crippen LogP contribution is -2.25. The van der Waals surface area contributed by atoms with E-state index in [2.05, 4.69) is 21.5 Å². The van der Waals surface area contributed by atoms with Crippen LogP contribution in [0.3, 0.4) is 0 Å². The maximum Gasteiger partial charge on any atom is 0.435 e. The highest BCUT2D eigenvalue weighted by molar-refractivity contribution is 7.21. The van der Waals surface area contributed by atoms with Gasteiger partial charge >= 0.3 is 6.18 Å². The summed E-state index contributed by atoms with van der Waals surface area (Å²) in [6, 6.07) is 13.3. The average molecular weight is 444 g/mol. The number of alkyl halides is 3. The van der Waals surface area contributed by atoms with E-state index in [-0.39, 0.29) is 5.69 Å². The number of aryl methyl sites for hydroxylation is 2. The zero-order chi connectivity index (χ0) is 22.3. The molecule has 0 aliphatic rings. The number of nitrogens with one attached hydrogen (secondary N) is 1. The van der Waals surface area contributed by atoms with Gasteiger partial charge in [0.25, 0.3) is 0 Å². The van der Waals surface area contributed by atoms with Crippen molar-refractivity contribution in [1.29, 1.82) is 0 Å². The summed E-state index contributed by atoms with van der Waals surface area (Å²) in [5.74, 6) is -0.455. The standard InChI is InChI=1S/C22H19F3N4OS/c1-12-4-9-17-18(10-12)31-21(27-17)15-5-7-16(8-6-15)26-20(30)14(3)29-13(2)11-19(28-29)22(23,24)25/h4-11,14H,1-3H3,(H,26,30). The highest BCUT2D eigenvalue weighted by atomic mass is 32.1. The molecule has 0 aliphatic carbocycles. The average Bonchev–Trinajstić information content (AvgIpc) is 3.31. The zero-order valence-corrected chi connectivity index (χ0v) is 17.8. The van der Waals surface area contributed by atoms with Crippen LogP contribution < -0.4 is 5.32 Å². The van der Waals surface area contributed by atoms with Gasteiger partial charge in [0.2, 0.25) is 5.91 Å². The van der Waals surface area contributed by atoms with Gasteiger partial charge in [-0.3, -0.25) is 9.48 Å². The van der Waals surface area contributed by atoms with Crippen molar-refractivity contribution in [1.82, 2.24) is 14.8 Å². The molecule has 2 aromatic carbocycles. The predicted molar refractivity (Wildman–Crippen MR) is 115 cm³/mol. The first-order valence-corrected chi connectivity index (χ1v) is 10.4. The summed E-state index contributed by atoms with van der Waals surface area (Å²) in [6.45, 7) is 5.03. The van der Waals surface area contributed by atoms with Crippen molar-refractivity contribution in [3.05, 3.63) is 65.5 Å². The first kappa shape index (κ1) is 21.0. The van der Waals surface area contributed by atoms with Gasteiger partial charge in [-0.25, -0.2) is 4.98 Å². The van der Waals surface area contributed by atoms with Crippen molar-refractivity contribution in [2.24, 2.45) is 0 Å². The number of rotatable bonds is 4. The summed E-state index contributed by atoms with van der Waals surface area (Å²) in [7, 11) is 0. The quantitative estimate of drug-likeness (QED) is 0.420. The van der Waals surface area contributed by atoms with Gasteiger partial charge in [0.15, 0.2) is 5.69 Å². The number of hydrogen-bond donors (Lipinski definition) is 1. The van der Waals surface area contributed by atoms with Crippen molar-refractivity contribution >= 4 is 33.1 Å². The molecule has 0 aliphatic heterocycles. The number of carbonyl (C=O) groups excluding carboxylic acids is 1. The van der Waals surface area contributed by atoms with Crippen LogP contribution >= 0.6 is 11.3 Å². The molecule has 5 nitrogen and oxygen atoms in total. The third kappa shape index (κ3) is 4.32. The predicted octanol–water partition coefficient (Wildman–Crippen LogP) is 6.00. The molecule has 9 heteroatoms. The highest BCUT2D eigenvalue weighted by Crippen LogP contribution is 2.32. The smallest absolute Gasteiger partial charge is 0.324 e. The van der Waals surface area contributed by atoms with Crippen molar-refractivity contribution in [2.45, 2.75) is 33.0 Å². The summed E-state index contributed by atoms with van der Waals surface area (Å²) < 4.78 is 40.8. The molecule has 160 valence electrons. The Morgan fingerprint density at radius 1 is 1.10 bits per heavy atom. The molecule has 0 fully saturated rings. The largest absolute Gasteiger partial charge is 0.435 e. The minimum absolute atomic E-state index is 0.261. The molecule has 0 radical (unpaired) electrons. The third-order valence-corrected chi connectivity index (χ3v) is 5.97. The van der Waals surface area contributed by atoms with Crippen LogP contribution in [0.15, 0.2) is 48.5 Å². The number of halogens is 3. The minimum Gasteiger partial charge on any atom is -0.324 e. The second-order valence-electron chi connectivity index (χ2n) is 7.35. The molecule has 0 saturated heterocycles.